The topological polar surface area (TPSA) is 17.1 Å². The molecule has 24 heavy (non-hydrogen) atoms. The number of allylic oxidation sites excluding steroid dienone is 4. The average Bonchev–Trinajstić information content (AvgIpc) is 2.74. The molecule has 1 heteroatoms. The predicted octanol–water partition coefficient (Wildman–Crippen LogP) is 8.30. The van der Waals surface area contributed by atoms with Gasteiger partial charge in [-0.3, -0.25) is 4.79 Å². The average molecular weight is 335 g/mol. The molecule has 1 rings (SSSR count). The van der Waals surface area contributed by atoms with Crippen molar-refractivity contribution >= 4 is 5.78 Å². The maximum Gasteiger partial charge on any atom is 0.192 e. The van der Waals surface area contributed by atoms with Crippen LogP contribution < -0.4 is 0 Å². The van der Waals surface area contributed by atoms with Gasteiger partial charge in [-0.2, -0.15) is 0 Å². The van der Waals surface area contributed by atoms with E-state index in [1.807, 2.05) is 87.4 Å². The normalized spacial score (nSPS) is 7.50. The van der Waals surface area contributed by atoms with E-state index in [0.717, 1.165) is 0 Å². The van der Waals surface area contributed by atoms with Crippen LogP contribution in [0.15, 0.2) is 67.3 Å². The van der Waals surface area contributed by atoms with Gasteiger partial charge in [0.15, 0.2) is 5.78 Å². The number of rotatable bonds is 4. The summed E-state index contributed by atoms with van der Waals surface area (Å²) in [4.78, 5) is 11.8. The molecule has 0 saturated heterocycles. The highest BCUT2D eigenvalue weighted by molar-refractivity contribution is 6.10. The lowest BCUT2D eigenvalue weighted by Crippen LogP contribution is -2.00. The molecular weight excluding hydrogens is 292 g/mol. The van der Waals surface area contributed by atoms with Crippen molar-refractivity contribution in [3.05, 3.63) is 72.9 Å². The Kier molecular flexibility index (Phi) is 52.4. The van der Waals surface area contributed by atoms with Crippen molar-refractivity contribution < 1.29 is 4.79 Å². The highest BCUT2D eigenvalue weighted by Gasteiger charge is 2.06. The Morgan fingerprint density at radius 3 is 1.42 bits per heavy atom. The first-order valence-corrected chi connectivity index (χ1v) is 9.34. The molecule has 0 bridgehead atoms. The molecule has 0 fully saturated rings. The molecular formula is C23H42O. The van der Waals surface area contributed by atoms with Crippen molar-refractivity contribution in [1.29, 1.82) is 0 Å². The summed E-state index contributed by atoms with van der Waals surface area (Å²) in [6.45, 7) is 27.1. The summed E-state index contributed by atoms with van der Waals surface area (Å²) in [6.07, 6.45) is 4.78. The second-order valence-corrected chi connectivity index (χ2v) is 2.76. The molecule has 1 nitrogen and oxygen atoms in total. The second kappa shape index (κ2) is 37.4. The molecule has 0 aliphatic carbocycles. The molecule has 0 unspecified atom stereocenters. The summed E-state index contributed by atoms with van der Waals surface area (Å²) >= 11 is 0. The number of carbonyl (C=O) groups is 1. The summed E-state index contributed by atoms with van der Waals surface area (Å²) in [5.74, 6) is -0.0273. The zero-order valence-corrected chi connectivity index (χ0v) is 17.9. The minimum atomic E-state index is -0.0273. The summed E-state index contributed by atoms with van der Waals surface area (Å²) in [5.41, 5.74) is 1.23. The summed E-state index contributed by atoms with van der Waals surface area (Å²) in [7, 11) is 0. The van der Waals surface area contributed by atoms with E-state index < -0.39 is 0 Å². The molecule has 0 aliphatic heterocycles. The van der Waals surface area contributed by atoms with Crippen molar-refractivity contribution in [3.8, 4) is 0 Å². The number of ketones is 1. The molecule has 0 saturated carbocycles. The van der Waals surface area contributed by atoms with Gasteiger partial charge in [-0.1, -0.05) is 131 Å². The zero-order chi connectivity index (χ0) is 20.4. The van der Waals surface area contributed by atoms with Crippen LogP contribution in [0.2, 0.25) is 0 Å². The van der Waals surface area contributed by atoms with E-state index in [0.29, 0.717) is 11.1 Å². The lowest BCUT2D eigenvalue weighted by atomic mass is 10.0. The lowest BCUT2D eigenvalue weighted by molar-refractivity contribution is 0.103. The molecule has 1 aromatic rings. The van der Waals surface area contributed by atoms with Crippen LogP contribution in [0.1, 0.15) is 79.6 Å². The van der Waals surface area contributed by atoms with Crippen molar-refractivity contribution in [1.82, 2.24) is 0 Å². The Morgan fingerprint density at radius 2 is 1.12 bits per heavy atom. The van der Waals surface area contributed by atoms with Crippen molar-refractivity contribution in [3.63, 3.8) is 0 Å². The lowest BCUT2D eigenvalue weighted by Gasteiger charge is -1.99. The van der Waals surface area contributed by atoms with Crippen LogP contribution in [0, 0.1) is 0 Å². The van der Waals surface area contributed by atoms with E-state index in [9.17, 15) is 4.79 Å². The fourth-order valence-corrected chi connectivity index (χ4v) is 1.12. The fraction of sp³-hybridized carbons (Fsp3) is 0.435. The van der Waals surface area contributed by atoms with Crippen molar-refractivity contribution in [2.75, 3.05) is 0 Å². The summed E-state index contributed by atoms with van der Waals surface area (Å²) in [6, 6.07) is 9.11. The molecule has 0 spiro atoms. The first-order valence-electron chi connectivity index (χ1n) is 9.34. The SMILES string of the molecule is C=C/C=C(\C=C)C(=O)c1ccccc1.CC.CC.CC.CC.CC. The highest BCUT2D eigenvalue weighted by Crippen LogP contribution is 2.08. The number of Topliss-reactive ketones (excluding diaryl/α,β-unsaturated/α-hetero) is 1. The minimum Gasteiger partial charge on any atom is -0.289 e. The van der Waals surface area contributed by atoms with Crippen LogP contribution in [0.3, 0.4) is 0 Å². The maximum atomic E-state index is 11.8. The third-order valence-electron chi connectivity index (χ3n) is 1.82. The molecule has 0 radical (unpaired) electrons. The Bertz CT molecular complexity index is 372. The number of hydrogen-bond donors (Lipinski definition) is 0. The van der Waals surface area contributed by atoms with Crippen molar-refractivity contribution in [2.45, 2.75) is 69.2 Å². The van der Waals surface area contributed by atoms with Gasteiger partial charge in [-0.05, 0) is 0 Å². The van der Waals surface area contributed by atoms with Crippen LogP contribution in [0.25, 0.3) is 0 Å². The van der Waals surface area contributed by atoms with E-state index in [-0.39, 0.29) is 5.78 Å². The largest absolute Gasteiger partial charge is 0.289 e. The van der Waals surface area contributed by atoms with E-state index in [4.69, 9.17) is 0 Å². The predicted molar refractivity (Wildman–Crippen MR) is 116 cm³/mol. The van der Waals surface area contributed by atoms with Gasteiger partial charge < -0.3 is 0 Å². The van der Waals surface area contributed by atoms with E-state index in [1.165, 1.54) is 6.08 Å². The summed E-state index contributed by atoms with van der Waals surface area (Å²) in [5, 5.41) is 0. The Hall–Kier alpha value is -1.89. The van der Waals surface area contributed by atoms with Gasteiger partial charge in [0.05, 0.1) is 0 Å². The Morgan fingerprint density at radius 1 is 0.750 bits per heavy atom. The smallest absolute Gasteiger partial charge is 0.192 e. The molecule has 1 aromatic carbocycles. The monoisotopic (exact) mass is 334 g/mol. The van der Waals surface area contributed by atoms with Gasteiger partial charge in [-0.25, -0.2) is 0 Å². The van der Waals surface area contributed by atoms with Crippen LogP contribution >= 0.6 is 0 Å². The molecule has 140 valence electrons. The van der Waals surface area contributed by atoms with E-state index in [1.54, 1.807) is 24.3 Å². The molecule has 0 aliphatic rings. The zero-order valence-electron chi connectivity index (χ0n) is 17.9. The van der Waals surface area contributed by atoms with Gasteiger partial charge in [0, 0.05) is 11.1 Å². The fourth-order valence-electron chi connectivity index (χ4n) is 1.12. The van der Waals surface area contributed by atoms with E-state index >= 15 is 0 Å². The second-order valence-electron chi connectivity index (χ2n) is 2.76. The van der Waals surface area contributed by atoms with Crippen LogP contribution in [0.4, 0.5) is 0 Å². The van der Waals surface area contributed by atoms with Crippen LogP contribution in [-0.4, -0.2) is 5.78 Å². The number of benzene rings is 1. The van der Waals surface area contributed by atoms with Gasteiger partial charge in [-0.15, -0.1) is 0 Å². The number of hydrogen-bond acceptors (Lipinski definition) is 1. The van der Waals surface area contributed by atoms with Gasteiger partial charge >= 0.3 is 0 Å². The van der Waals surface area contributed by atoms with Crippen LogP contribution in [0.5, 0.6) is 0 Å². The van der Waals surface area contributed by atoms with Crippen molar-refractivity contribution in [2.24, 2.45) is 0 Å². The Balaban J connectivity index is -0.000000103. The third-order valence-corrected chi connectivity index (χ3v) is 1.82. The third kappa shape index (κ3) is 20.1. The first-order chi connectivity index (χ1) is 11.8. The molecule has 0 N–H and O–H groups in total. The standard InChI is InChI=1S/C13H12O.5C2H6/c1-3-8-11(4-2)13(14)12-9-6-5-7-10-12;5*1-2/h3-10H,1-2H2;5*1-2H3/b11-8+;;;;;. The number of carbonyl (C=O) groups excluding carboxylic acids is 1. The van der Waals surface area contributed by atoms with Gasteiger partial charge in [0.2, 0.25) is 0 Å². The van der Waals surface area contributed by atoms with Gasteiger partial charge in [0.25, 0.3) is 0 Å². The quantitative estimate of drug-likeness (QED) is 0.307. The van der Waals surface area contributed by atoms with E-state index in [2.05, 4.69) is 13.2 Å². The molecule has 0 amide bonds. The summed E-state index contributed by atoms with van der Waals surface area (Å²) < 4.78 is 0. The maximum absolute atomic E-state index is 11.8. The van der Waals surface area contributed by atoms with Gasteiger partial charge in [0.1, 0.15) is 0 Å². The minimum absolute atomic E-state index is 0.0273. The first kappa shape index (κ1) is 33.7. The highest BCUT2D eigenvalue weighted by atomic mass is 16.1. The van der Waals surface area contributed by atoms with Crippen LogP contribution in [-0.2, 0) is 0 Å². The molecule has 0 heterocycles. The molecule has 0 aromatic heterocycles. The Labute approximate surface area is 153 Å². The molecule has 0 atom stereocenters.